The van der Waals surface area contributed by atoms with Crippen molar-refractivity contribution in [2.45, 2.75) is 19.1 Å². The summed E-state index contributed by atoms with van der Waals surface area (Å²) in [5.74, 6) is 2.88. The van der Waals surface area contributed by atoms with Gasteiger partial charge in [-0.25, -0.2) is 4.68 Å². The Morgan fingerprint density at radius 3 is 2.76 bits per heavy atom. The van der Waals surface area contributed by atoms with Gasteiger partial charge in [-0.05, 0) is 48.9 Å². The van der Waals surface area contributed by atoms with E-state index in [0.29, 0.717) is 11.7 Å². The Hall–Kier alpha value is -4.33. The second kappa shape index (κ2) is 7.91. The molecule has 2 aromatic heterocycles. The summed E-state index contributed by atoms with van der Waals surface area (Å²) >= 11 is 0. The molecule has 0 radical (unpaired) electrons. The lowest BCUT2D eigenvalue weighted by Gasteiger charge is -2.39. The molecular formula is C26H23N5O3. The monoisotopic (exact) mass is 453 g/mol. The molecule has 0 fully saturated rings. The van der Waals surface area contributed by atoms with E-state index in [-0.39, 0.29) is 6.04 Å². The SMILES string of the molecule is COc1ccc(OC)c([C@@H]2Oc3ccc(C)cc3C3=C2[C@@H](c2cccnc2)n2ncnc2N3)c1. The van der Waals surface area contributed by atoms with Crippen molar-refractivity contribution in [2.75, 3.05) is 19.5 Å². The average molecular weight is 454 g/mol. The number of hydrogen-bond donors (Lipinski definition) is 1. The lowest BCUT2D eigenvalue weighted by molar-refractivity contribution is 0.217. The van der Waals surface area contributed by atoms with E-state index in [4.69, 9.17) is 14.2 Å². The van der Waals surface area contributed by atoms with E-state index in [1.165, 1.54) is 0 Å². The molecular weight excluding hydrogens is 430 g/mol. The molecule has 2 aromatic carbocycles. The first-order valence-electron chi connectivity index (χ1n) is 11.0. The standard InChI is InChI=1S/C26H23N5O3/c1-15-6-8-21-18(11-15)23-22(25(34-21)19-12-17(32-2)7-9-20(19)33-3)24(16-5-4-10-27-13-16)31-26(30-23)28-14-29-31/h4-14,24-25H,1-3H3,(H,28,29,30)/t24-,25+/m1/s1. The number of fused-ring (bicyclic) bond motifs is 3. The summed E-state index contributed by atoms with van der Waals surface area (Å²) in [4.78, 5) is 8.86. The predicted octanol–water partition coefficient (Wildman–Crippen LogP) is 4.56. The van der Waals surface area contributed by atoms with Crippen LogP contribution in [0.4, 0.5) is 5.95 Å². The van der Waals surface area contributed by atoms with Crippen LogP contribution < -0.4 is 19.5 Å². The Morgan fingerprint density at radius 1 is 1.06 bits per heavy atom. The maximum absolute atomic E-state index is 6.71. The Bertz CT molecular complexity index is 1410. The summed E-state index contributed by atoms with van der Waals surface area (Å²) in [7, 11) is 3.31. The van der Waals surface area contributed by atoms with Gasteiger partial charge in [-0.1, -0.05) is 17.7 Å². The molecule has 0 amide bonds. The van der Waals surface area contributed by atoms with Gasteiger partial charge in [-0.2, -0.15) is 10.1 Å². The maximum Gasteiger partial charge on any atom is 0.226 e. The van der Waals surface area contributed by atoms with Crippen LogP contribution in [0.1, 0.15) is 34.4 Å². The zero-order chi connectivity index (χ0) is 23.2. The first kappa shape index (κ1) is 20.3. The highest BCUT2D eigenvalue weighted by Crippen LogP contribution is 2.52. The first-order chi connectivity index (χ1) is 16.7. The van der Waals surface area contributed by atoms with Gasteiger partial charge in [0, 0.05) is 29.1 Å². The van der Waals surface area contributed by atoms with Crippen LogP contribution in [0.15, 0.2) is 72.8 Å². The highest BCUT2D eigenvalue weighted by atomic mass is 16.5. The molecule has 4 heterocycles. The van der Waals surface area contributed by atoms with E-state index < -0.39 is 6.10 Å². The van der Waals surface area contributed by atoms with Crippen LogP contribution in [0, 0.1) is 6.92 Å². The molecule has 2 aliphatic rings. The van der Waals surface area contributed by atoms with Crippen molar-refractivity contribution in [1.29, 1.82) is 0 Å². The van der Waals surface area contributed by atoms with E-state index in [1.807, 2.05) is 53.3 Å². The van der Waals surface area contributed by atoms with Crippen molar-refractivity contribution in [3.8, 4) is 17.2 Å². The third-order valence-corrected chi connectivity index (χ3v) is 6.29. The quantitative estimate of drug-likeness (QED) is 0.485. The third kappa shape index (κ3) is 3.10. The normalized spacial score (nSPS) is 18.2. The van der Waals surface area contributed by atoms with Crippen molar-refractivity contribution in [2.24, 2.45) is 0 Å². The molecule has 170 valence electrons. The molecule has 0 bridgehead atoms. The van der Waals surface area contributed by atoms with Gasteiger partial charge in [0.25, 0.3) is 0 Å². The Kier molecular flexibility index (Phi) is 4.72. The predicted molar refractivity (Wildman–Crippen MR) is 127 cm³/mol. The fraction of sp³-hybridized carbons (Fsp3) is 0.192. The minimum Gasteiger partial charge on any atom is -0.497 e. The zero-order valence-electron chi connectivity index (χ0n) is 19.0. The molecule has 8 heteroatoms. The number of aromatic nitrogens is 4. The van der Waals surface area contributed by atoms with Gasteiger partial charge in [-0.15, -0.1) is 0 Å². The molecule has 1 N–H and O–H groups in total. The van der Waals surface area contributed by atoms with E-state index >= 15 is 0 Å². The van der Waals surface area contributed by atoms with Crippen molar-refractivity contribution in [1.82, 2.24) is 19.7 Å². The molecule has 0 saturated heterocycles. The fourth-order valence-corrected chi connectivity index (χ4v) is 4.74. The molecule has 2 aliphatic heterocycles. The minimum atomic E-state index is -0.467. The van der Waals surface area contributed by atoms with Crippen molar-refractivity contribution in [3.63, 3.8) is 0 Å². The van der Waals surface area contributed by atoms with Crippen LogP contribution in [0.25, 0.3) is 5.70 Å². The highest BCUT2D eigenvalue weighted by molar-refractivity contribution is 5.85. The van der Waals surface area contributed by atoms with E-state index in [9.17, 15) is 0 Å². The summed E-state index contributed by atoms with van der Waals surface area (Å²) in [6.07, 6.45) is 4.71. The molecule has 2 atom stereocenters. The van der Waals surface area contributed by atoms with Gasteiger partial charge in [-0.3, -0.25) is 4.98 Å². The fourth-order valence-electron chi connectivity index (χ4n) is 4.74. The Morgan fingerprint density at radius 2 is 1.97 bits per heavy atom. The number of nitrogens with one attached hydrogen (secondary N) is 1. The van der Waals surface area contributed by atoms with E-state index in [2.05, 4.69) is 33.4 Å². The van der Waals surface area contributed by atoms with Gasteiger partial charge in [0.15, 0.2) is 6.10 Å². The minimum absolute atomic E-state index is 0.281. The summed E-state index contributed by atoms with van der Waals surface area (Å²) in [5, 5.41) is 8.08. The molecule has 6 rings (SSSR count). The maximum atomic E-state index is 6.71. The third-order valence-electron chi connectivity index (χ3n) is 6.29. The number of nitrogens with zero attached hydrogens (tertiary/aromatic N) is 4. The van der Waals surface area contributed by atoms with Gasteiger partial charge in [0.2, 0.25) is 5.95 Å². The molecule has 0 spiro atoms. The summed E-state index contributed by atoms with van der Waals surface area (Å²) < 4.78 is 19.9. The average Bonchev–Trinajstić information content (AvgIpc) is 3.35. The molecule has 8 nitrogen and oxygen atoms in total. The number of benzene rings is 2. The second-order valence-corrected chi connectivity index (χ2v) is 8.28. The van der Waals surface area contributed by atoms with Crippen LogP contribution in [-0.2, 0) is 0 Å². The van der Waals surface area contributed by atoms with Crippen molar-refractivity contribution >= 4 is 11.6 Å². The van der Waals surface area contributed by atoms with Gasteiger partial charge < -0.3 is 19.5 Å². The second-order valence-electron chi connectivity index (χ2n) is 8.28. The Balaban J connectivity index is 1.65. The lowest BCUT2D eigenvalue weighted by Crippen LogP contribution is -2.32. The number of hydrogen-bond acceptors (Lipinski definition) is 7. The molecule has 34 heavy (non-hydrogen) atoms. The number of rotatable bonds is 4. The van der Waals surface area contributed by atoms with Crippen LogP contribution in [0.2, 0.25) is 0 Å². The summed E-state index contributed by atoms with van der Waals surface area (Å²) in [6, 6.07) is 15.6. The first-order valence-corrected chi connectivity index (χ1v) is 11.0. The van der Waals surface area contributed by atoms with Gasteiger partial charge in [0.05, 0.1) is 19.9 Å². The number of pyridine rings is 1. The van der Waals surface area contributed by atoms with Crippen LogP contribution in [0.3, 0.4) is 0 Å². The Labute approximate surface area is 196 Å². The van der Waals surface area contributed by atoms with Crippen molar-refractivity contribution in [3.05, 3.63) is 95.1 Å². The lowest BCUT2D eigenvalue weighted by atomic mass is 9.84. The topological polar surface area (TPSA) is 83.3 Å². The molecule has 0 saturated carbocycles. The van der Waals surface area contributed by atoms with E-state index in [0.717, 1.165) is 45.0 Å². The largest absolute Gasteiger partial charge is 0.497 e. The number of anilines is 1. The number of aryl methyl sites for hydroxylation is 1. The van der Waals surface area contributed by atoms with Crippen LogP contribution in [0.5, 0.6) is 17.2 Å². The van der Waals surface area contributed by atoms with Crippen LogP contribution >= 0.6 is 0 Å². The smallest absolute Gasteiger partial charge is 0.226 e. The van der Waals surface area contributed by atoms with Crippen molar-refractivity contribution < 1.29 is 14.2 Å². The highest BCUT2D eigenvalue weighted by Gasteiger charge is 2.42. The number of methoxy groups -OCH3 is 2. The summed E-state index contributed by atoms with van der Waals surface area (Å²) in [6.45, 7) is 2.07. The van der Waals surface area contributed by atoms with Gasteiger partial charge >= 0.3 is 0 Å². The molecule has 0 unspecified atom stereocenters. The zero-order valence-corrected chi connectivity index (χ0v) is 19.0. The molecule has 0 aliphatic carbocycles. The van der Waals surface area contributed by atoms with Gasteiger partial charge in [0.1, 0.15) is 29.6 Å². The number of ether oxygens (including phenoxy) is 3. The van der Waals surface area contributed by atoms with Crippen LogP contribution in [-0.4, -0.2) is 34.0 Å². The molecule has 4 aromatic rings. The van der Waals surface area contributed by atoms with E-state index in [1.54, 1.807) is 26.7 Å². The summed E-state index contributed by atoms with van der Waals surface area (Å²) in [5.41, 5.74) is 5.91.